The number of anilines is 1. The minimum atomic E-state index is -2.42. The van der Waals surface area contributed by atoms with E-state index < -0.39 is 144 Å². The molecule has 12 N–H and O–H groups in total. The van der Waals surface area contributed by atoms with E-state index in [2.05, 4.69) is 36.6 Å². The highest BCUT2D eigenvalue weighted by atomic mass is 16.7. The zero-order chi connectivity index (χ0) is 63.4. The molecule has 3 aromatic carbocycles. The van der Waals surface area contributed by atoms with Crippen LogP contribution in [0, 0.1) is 5.92 Å². The number of carbonyl (C=O) groups is 8. The van der Waals surface area contributed by atoms with Crippen molar-refractivity contribution < 1.29 is 102 Å². The van der Waals surface area contributed by atoms with Crippen LogP contribution in [0.1, 0.15) is 108 Å². The van der Waals surface area contributed by atoms with Crippen LogP contribution in [0.4, 0.5) is 15.3 Å². The largest absolute Gasteiger partial charge is 0.507 e. The summed E-state index contributed by atoms with van der Waals surface area (Å²) in [4.78, 5) is 109. The minimum Gasteiger partial charge on any atom is -0.507 e. The van der Waals surface area contributed by atoms with Crippen LogP contribution in [0.5, 0.6) is 17.2 Å². The number of Topliss-reactive ketones (excluding diaryl/α,β-unsaturated/α-hetero) is 1. The number of hydrogen-bond donors (Lipinski definition) is 11. The first-order valence-electron chi connectivity index (χ1n) is 28.1. The molecule has 1 heterocycles. The summed E-state index contributed by atoms with van der Waals surface area (Å²) in [5.41, 5.74) is 9.76. The first-order chi connectivity index (χ1) is 41.6. The van der Waals surface area contributed by atoms with Gasteiger partial charge in [0, 0.05) is 66.1 Å². The number of methoxy groups -OCH3 is 1. The van der Waals surface area contributed by atoms with Crippen molar-refractivity contribution >= 4 is 52.9 Å². The van der Waals surface area contributed by atoms with Crippen LogP contribution in [0.3, 0.4) is 0 Å². The molecule has 1 aliphatic heterocycles. The molecule has 6 amide bonds. The highest BCUT2D eigenvalue weighted by Gasteiger charge is 2.50. The van der Waals surface area contributed by atoms with Crippen molar-refractivity contribution in [1.29, 1.82) is 0 Å². The van der Waals surface area contributed by atoms with Crippen LogP contribution in [0.2, 0.25) is 0 Å². The lowest BCUT2D eigenvalue weighted by Gasteiger charge is -2.42. The van der Waals surface area contributed by atoms with E-state index in [4.69, 9.17) is 49.2 Å². The highest BCUT2D eigenvalue weighted by Crippen LogP contribution is 2.52. The number of amides is 6. The molecule has 0 aromatic heterocycles. The van der Waals surface area contributed by atoms with E-state index in [0.29, 0.717) is 38.6 Å². The number of fused-ring (bicyclic) bond motifs is 3. The molecule has 0 radical (unpaired) electrons. The molecule has 0 bridgehead atoms. The van der Waals surface area contributed by atoms with Gasteiger partial charge in [0.1, 0.15) is 54.3 Å². The summed E-state index contributed by atoms with van der Waals surface area (Å²) in [5, 5.41) is 72.8. The summed E-state index contributed by atoms with van der Waals surface area (Å²) in [5.74, 6) is -6.52. The van der Waals surface area contributed by atoms with E-state index in [0.717, 1.165) is 0 Å². The number of alkyl carbamates (subject to hydrolysis) is 1. The van der Waals surface area contributed by atoms with Gasteiger partial charge in [0.05, 0.1) is 94.9 Å². The molecule has 0 saturated carbocycles. The Labute approximate surface area is 499 Å². The van der Waals surface area contributed by atoms with E-state index in [1.807, 2.05) is 0 Å². The van der Waals surface area contributed by atoms with Gasteiger partial charge in [-0.05, 0) is 55.0 Å². The second-order valence-corrected chi connectivity index (χ2v) is 20.9. The van der Waals surface area contributed by atoms with Gasteiger partial charge in [-0.25, -0.2) is 9.59 Å². The van der Waals surface area contributed by atoms with Crippen LogP contribution < -0.4 is 37.1 Å². The number of hydrogen-bond acceptors (Lipinski definition) is 22. The Bertz CT molecular complexity index is 3000. The Hall–Kier alpha value is -8.03. The number of phenolic OH excluding ortho intramolecular Hbond substituents is 2. The fraction of sp³-hybridized carbons (Fsp3) is 0.544. The summed E-state index contributed by atoms with van der Waals surface area (Å²) in [6.45, 7) is 5.92. The van der Waals surface area contributed by atoms with Gasteiger partial charge in [-0.1, -0.05) is 43.2 Å². The van der Waals surface area contributed by atoms with Crippen molar-refractivity contribution in [3.05, 3.63) is 91.9 Å². The van der Waals surface area contributed by atoms with Gasteiger partial charge in [0.15, 0.2) is 17.9 Å². The normalized spacial score (nSPS) is 20.1. The van der Waals surface area contributed by atoms with Crippen molar-refractivity contribution in [2.24, 2.45) is 16.8 Å². The molecule has 1 saturated heterocycles. The molecule has 6 rings (SSSR count). The Kier molecular flexibility index (Phi) is 25.5. The molecule has 3 aliphatic rings. The van der Waals surface area contributed by atoms with Crippen molar-refractivity contribution in [1.82, 2.24) is 21.3 Å². The molecule has 2 aliphatic carbocycles. The predicted octanol–water partition coefficient (Wildman–Crippen LogP) is 1.75. The van der Waals surface area contributed by atoms with Gasteiger partial charge in [0.25, 0.3) is 0 Å². The Morgan fingerprint density at radius 1 is 0.874 bits per heavy atom. The maximum atomic E-state index is 14.1. The number of primary amides is 1. The number of azide groups is 1. The second kappa shape index (κ2) is 32.6. The summed E-state index contributed by atoms with van der Waals surface area (Å²) in [7, 11) is 1.28. The zero-order valence-electron chi connectivity index (χ0n) is 48.6. The van der Waals surface area contributed by atoms with Gasteiger partial charge in [-0.2, -0.15) is 0 Å². The number of phenols is 2. The third kappa shape index (κ3) is 18.3. The van der Waals surface area contributed by atoms with Gasteiger partial charge < -0.3 is 95.7 Å². The molecular formula is C57H75N9O21. The average Bonchev–Trinajstić information content (AvgIpc) is 0.784. The van der Waals surface area contributed by atoms with Crippen LogP contribution in [-0.4, -0.2) is 195 Å². The molecule has 30 heteroatoms. The third-order valence-electron chi connectivity index (χ3n) is 14.5. The fourth-order valence-electron chi connectivity index (χ4n) is 10.0. The van der Waals surface area contributed by atoms with Gasteiger partial charge >= 0.3 is 12.1 Å². The van der Waals surface area contributed by atoms with Crippen molar-refractivity contribution in [2.45, 2.75) is 114 Å². The lowest BCUT2D eigenvalue weighted by Crippen LogP contribution is -2.56. The number of ether oxygens (including phenoxy) is 8. The van der Waals surface area contributed by atoms with Crippen molar-refractivity contribution in [3.8, 4) is 17.2 Å². The maximum absolute atomic E-state index is 14.1. The third-order valence-corrected chi connectivity index (χ3v) is 14.5. The van der Waals surface area contributed by atoms with Crippen molar-refractivity contribution in [3.63, 3.8) is 0 Å². The van der Waals surface area contributed by atoms with E-state index in [-0.39, 0.29) is 98.9 Å². The number of aliphatic hydroxyl groups excluding tert-OH is 2. The number of urea groups is 1. The number of nitrogens with one attached hydrogen (secondary N) is 5. The standard InChI is InChI=1S/C57H75N9O21/c1-30(2)47(65-41(69)14-17-81-19-21-83-23-24-84-22-20-82-18-16-61-66-59)54(76)63-36(8-6-15-60-55(58)77)53(75)62-33-12-10-32(11-13-33)29-85-56(78)64-37-25-42(86-31(3)48(37)70)87-39-27-57(79,40(68)28-67)26-35-44(39)52(74)46-45(50(35)72)49(71)34-7-5-9-38(80-4)43(34)51(46)73/h5,7,9-13,30-31,36-37,39,42,47-48,67,70,72,74,79H,6,8,14-29H2,1-4H3,(H,62,75)(H,63,76)(H,64,78)(H,65,69)(H3,58,60,77). The topological polar surface area (TPSA) is 446 Å². The number of aromatic hydroxyl groups is 2. The van der Waals surface area contributed by atoms with Gasteiger partial charge in [-0.15, -0.1) is 0 Å². The Balaban J connectivity index is 1.01. The molecule has 3 aromatic rings. The molecular weight excluding hydrogens is 1150 g/mol. The summed E-state index contributed by atoms with van der Waals surface area (Å²) in [6.07, 6.45) is -7.74. The zero-order valence-corrected chi connectivity index (χ0v) is 48.6. The quantitative estimate of drug-likeness (QED) is 0.0106. The van der Waals surface area contributed by atoms with Gasteiger partial charge in [0.2, 0.25) is 23.5 Å². The monoisotopic (exact) mass is 1220 g/mol. The highest BCUT2D eigenvalue weighted by molar-refractivity contribution is 6.31. The predicted molar refractivity (Wildman–Crippen MR) is 303 cm³/mol. The number of nitrogens with zero attached hydrogens (tertiary/aromatic N) is 3. The number of ketones is 3. The fourth-order valence-corrected chi connectivity index (χ4v) is 10.0. The first-order valence-corrected chi connectivity index (χ1v) is 28.1. The van der Waals surface area contributed by atoms with Crippen molar-refractivity contribution in [2.75, 3.05) is 85.0 Å². The number of nitrogens with two attached hydrogens (primary N) is 1. The molecule has 87 heavy (non-hydrogen) atoms. The average molecular weight is 1220 g/mol. The number of carbonyl (C=O) groups excluding carboxylic acids is 8. The van der Waals surface area contributed by atoms with Crippen LogP contribution in [-0.2, 0) is 65.4 Å². The molecule has 30 nitrogen and oxygen atoms in total. The second-order valence-electron chi connectivity index (χ2n) is 20.9. The van der Waals surface area contributed by atoms with Crippen LogP contribution >= 0.6 is 0 Å². The van der Waals surface area contributed by atoms with Crippen LogP contribution in [0.25, 0.3) is 10.4 Å². The lowest BCUT2D eigenvalue weighted by molar-refractivity contribution is -0.249. The number of benzene rings is 3. The smallest absolute Gasteiger partial charge is 0.407 e. The summed E-state index contributed by atoms with van der Waals surface area (Å²) >= 11 is 0. The Morgan fingerprint density at radius 2 is 1.53 bits per heavy atom. The van der Waals surface area contributed by atoms with Gasteiger partial charge in [-0.3, -0.25) is 28.8 Å². The summed E-state index contributed by atoms with van der Waals surface area (Å²) < 4.78 is 44.6. The lowest BCUT2D eigenvalue weighted by atomic mass is 9.72. The van der Waals surface area contributed by atoms with E-state index in [1.54, 1.807) is 26.0 Å². The van der Waals surface area contributed by atoms with Crippen LogP contribution in [0.15, 0.2) is 47.6 Å². The van der Waals surface area contributed by atoms with E-state index in [9.17, 15) is 63.9 Å². The molecule has 8 atom stereocenters. The molecule has 474 valence electrons. The Morgan fingerprint density at radius 3 is 2.16 bits per heavy atom. The first kappa shape index (κ1) is 68.1. The molecule has 1 fully saturated rings. The van der Waals surface area contributed by atoms with E-state index in [1.165, 1.54) is 44.4 Å². The molecule has 8 unspecified atom stereocenters. The summed E-state index contributed by atoms with van der Waals surface area (Å²) in [6, 6.07) is 6.27. The number of rotatable bonds is 33. The SMILES string of the molecule is COc1cccc2c1C(=O)c1c(O)c3c(c(O)c1C2=O)CC(O)(C(=O)CO)CC3OC1CC(NC(=O)OCc2ccc(NC(=O)C(CCCNC(N)=O)NC(=O)C(NC(=O)CCOCCOCCOCCOCCN=[N+]=[N-])C(C)C)cc2)C(O)C(C)O1. The number of aliphatic hydroxyl groups is 3. The maximum Gasteiger partial charge on any atom is 0.407 e. The minimum absolute atomic E-state index is 0.0192. The molecule has 0 spiro atoms. The van der Waals surface area contributed by atoms with E-state index >= 15 is 0 Å².